The van der Waals surface area contributed by atoms with Gasteiger partial charge in [-0.25, -0.2) is 0 Å². The molecule has 334 valence electrons. The zero-order valence-corrected chi connectivity index (χ0v) is 39.6. The molecule has 14 rings (SSSR count). The third-order valence-corrected chi connectivity index (χ3v) is 15.3. The summed E-state index contributed by atoms with van der Waals surface area (Å²) in [7, 11) is 0. The topological polar surface area (TPSA) is 9.86 Å². The van der Waals surface area contributed by atoms with Crippen LogP contribution in [-0.2, 0) is 5.41 Å². The molecular formula is C69H48N2. The molecule has 0 saturated carbocycles. The molecular weight excluding hydrogens is 857 g/mol. The van der Waals surface area contributed by atoms with Gasteiger partial charge < -0.3 is 9.13 Å². The van der Waals surface area contributed by atoms with E-state index in [1.807, 2.05) is 0 Å². The largest absolute Gasteiger partial charge is 0.309 e. The molecule has 0 N–H and O–H groups in total. The minimum Gasteiger partial charge on any atom is -0.309 e. The van der Waals surface area contributed by atoms with Gasteiger partial charge in [-0.05, 0) is 157 Å². The Balaban J connectivity index is 0.986. The fourth-order valence-corrected chi connectivity index (χ4v) is 11.8. The van der Waals surface area contributed by atoms with Crippen LogP contribution in [0.5, 0.6) is 0 Å². The van der Waals surface area contributed by atoms with E-state index < -0.39 is 0 Å². The second-order valence-corrected chi connectivity index (χ2v) is 19.7. The van der Waals surface area contributed by atoms with Gasteiger partial charge in [0.25, 0.3) is 0 Å². The smallest absolute Gasteiger partial charge is 0.0544 e. The van der Waals surface area contributed by atoms with Crippen molar-refractivity contribution >= 4 is 43.6 Å². The summed E-state index contributed by atoms with van der Waals surface area (Å²) < 4.78 is 4.98. The van der Waals surface area contributed by atoms with Gasteiger partial charge in [-0.3, -0.25) is 0 Å². The van der Waals surface area contributed by atoms with Crippen LogP contribution in [0.15, 0.2) is 255 Å². The Hall–Kier alpha value is -8.98. The number of benzene rings is 11. The highest BCUT2D eigenvalue weighted by atomic mass is 15.0. The van der Waals surface area contributed by atoms with Gasteiger partial charge in [-0.1, -0.05) is 190 Å². The van der Waals surface area contributed by atoms with Crippen LogP contribution in [0.3, 0.4) is 0 Å². The first-order valence-electron chi connectivity index (χ1n) is 24.7. The van der Waals surface area contributed by atoms with Crippen LogP contribution in [0.25, 0.3) is 122 Å². The maximum Gasteiger partial charge on any atom is 0.0544 e. The Morgan fingerprint density at radius 1 is 0.239 bits per heavy atom. The standard InChI is InChI=1S/C69H48N2/c1-69(2)63-29-17-15-27-57(63)59-43-62-61-42-50(32-34-67(61)71(68(62)44-64(59)69)56-39-53(47-23-11-5-12-24-47)36-54(40-56)48-25-13-6-14-26-48)49-31-33-66-60(41-49)58-28-16-18-30-65(58)70(66)55-37-51(45-19-7-3-8-20-45)35-52(38-55)46-21-9-4-10-22-46/h3-44H,1-2H3. The lowest BCUT2D eigenvalue weighted by molar-refractivity contribution is 0.661. The molecule has 13 aromatic rings. The van der Waals surface area contributed by atoms with Crippen LogP contribution >= 0.6 is 0 Å². The number of aromatic nitrogens is 2. The maximum absolute atomic E-state index is 2.52. The third kappa shape index (κ3) is 6.63. The molecule has 0 atom stereocenters. The van der Waals surface area contributed by atoms with Gasteiger partial charge in [0.2, 0.25) is 0 Å². The lowest BCUT2D eigenvalue weighted by atomic mass is 9.82. The van der Waals surface area contributed by atoms with Gasteiger partial charge in [0.15, 0.2) is 0 Å². The van der Waals surface area contributed by atoms with E-state index in [0.717, 1.165) is 11.4 Å². The summed E-state index contributed by atoms with van der Waals surface area (Å²) in [5.41, 5.74) is 24.3. The Morgan fingerprint density at radius 2 is 0.634 bits per heavy atom. The normalized spacial score (nSPS) is 12.8. The zero-order chi connectivity index (χ0) is 47.2. The summed E-state index contributed by atoms with van der Waals surface area (Å²) in [6.45, 7) is 4.76. The van der Waals surface area contributed by atoms with E-state index in [-0.39, 0.29) is 5.41 Å². The van der Waals surface area contributed by atoms with Crippen molar-refractivity contribution in [2.45, 2.75) is 19.3 Å². The molecule has 0 bridgehead atoms. The molecule has 1 aliphatic rings. The van der Waals surface area contributed by atoms with Crippen LogP contribution in [-0.4, -0.2) is 9.13 Å². The minimum atomic E-state index is -0.145. The minimum absolute atomic E-state index is 0.145. The summed E-state index contributed by atoms with van der Waals surface area (Å²) in [5, 5.41) is 4.96. The van der Waals surface area contributed by atoms with Crippen molar-refractivity contribution in [1.29, 1.82) is 0 Å². The molecule has 0 amide bonds. The second-order valence-electron chi connectivity index (χ2n) is 19.7. The van der Waals surface area contributed by atoms with E-state index in [1.54, 1.807) is 0 Å². The van der Waals surface area contributed by atoms with Crippen LogP contribution in [0, 0.1) is 0 Å². The molecule has 2 nitrogen and oxygen atoms in total. The SMILES string of the molecule is CC1(C)c2ccccc2-c2cc3c4cc(-c5ccc6c(c5)c5ccccc5n6-c5cc(-c6ccccc6)cc(-c6ccccc6)c5)ccc4n(-c4cc(-c5ccccc5)cc(-c5ccccc5)c4)c3cc21. The molecule has 11 aromatic carbocycles. The summed E-state index contributed by atoms with van der Waals surface area (Å²) >= 11 is 0. The molecule has 2 heterocycles. The second kappa shape index (κ2) is 16.1. The highest BCUT2D eigenvalue weighted by molar-refractivity contribution is 6.14. The molecule has 0 unspecified atom stereocenters. The molecule has 0 radical (unpaired) electrons. The van der Waals surface area contributed by atoms with Crippen molar-refractivity contribution in [3.8, 4) is 78.1 Å². The number of para-hydroxylation sites is 1. The number of hydrogen-bond acceptors (Lipinski definition) is 0. The predicted molar refractivity (Wildman–Crippen MR) is 300 cm³/mol. The quantitative estimate of drug-likeness (QED) is 0.151. The number of fused-ring (bicyclic) bond motifs is 9. The number of rotatable bonds is 7. The lowest BCUT2D eigenvalue weighted by Gasteiger charge is -2.22. The van der Waals surface area contributed by atoms with Gasteiger partial charge in [0.1, 0.15) is 0 Å². The molecule has 0 aliphatic heterocycles. The fraction of sp³-hybridized carbons (Fsp3) is 0.0435. The van der Waals surface area contributed by atoms with Crippen molar-refractivity contribution in [3.05, 3.63) is 266 Å². The highest BCUT2D eigenvalue weighted by Crippen LogP contribution is 2.51. The highest BCUT2D eigenvalue weighted by Gasteiger charge is 2.36. The van der Waals surface area contributed by atoms with E-state index in [9.17, 15) is 0 Å². The Kier molecular flexibility index (Phi) is 9.28. The fourth-order valence-electron chi connectivity index (χ4n) is 11.8. The van der Waals surface area contributed by atoms with Gasteiger partial charge in [0, 0.05) is 38.3 Å². The Morgan fingerprint density at radius 3 is 1.14 bits per heavy atom. The molecule has 2 aromatic heterocycles. The molecule has 71 heavy (non-hydrogen) atoms. The van der Waals surface area contributed by atoms with Gasteiger partial charge in [0.05, 0.1) is 22.1 Å². The summed E-state index contributed by atoms with van der Waals surface area (Å²) in [5.74, 6) is 0. The van der Waals surface area contributed by atoms with E-state index in [0.29, 0.717) is 0 Å². The lowest BCUT2D eigenvalue weighted by Crippen LogP contribution is -2.14. The molecule has 0 saturated heterocycles. The maximum atomic E-state index is 2.52. The zero-order valence-electron chi connectivity index (χ0n) is 39.6. The average Bonchev–Trinajstić information content (AvgIpc) is 4.03. The molecule has 2 heteroatoms. The van der Waals surface area contributed by atoms with Gasteiger partial charge in [-0.2, -0.15) is 0 Å². The van der Waals surface area contributed by atoms with Crippen molar-refractivity contribution in [2.75, 3.05) is 0 Å². The third-order valence-electron chi connectivity index (χ3n) is 15.3. The van der Waals surface area contributed by atoms with Crippen LogP contribution in [0.2, 0.25) is 0 Å². The van der Waals surface area contributed by atoms with Gasteiger partial charge in [-0.15, -0.1) is 0 Å². The van der Waals surface area contributed by atoms with E-state index in [2.05, 4.69) is 278 Å². The van der Waals surface area contributed by atoms with Crippen LogP contribution in [0.4, 0.5) is 0 Å². The van der Waals surface area contributed by atoms with Gasteiger partial charge >= 0.3 is 0 Å². The van der Waals surface area contributed by atoms with Crippen molar-refractivity contribution in [1.82, 2.24) is 9.13 Å². The summed E-state index contributed by atoms with van der Waals surface area (Å²) in [6.07, 6.45) is 0. The van der Waals surface area contributed by atoms with Crippen LogP contribution in [0.1, 0.15) is 25.0 Å². The van der Waals surface area contributed by atoms with Crippen molar-refractivity contribution < 1.29 is 0 Å². The van der Waals surface area contributed by atoms with Crippen LogP contribution < -0.4 is 0 Å². The monoisotopic (exact) mass is 904 g/mol. The van der Waals surface area contributed by atoms with Crippen molar-refractivity contribution in [2.24, 2.45) is 0 Å². The van der Waals surface area contributed by atoms with E-state index in [4.69, 9.17) is 0 Å². The molecule has 1 aliphatic carbocycles. The summed E-state index contributed by atoms with van der Waals surface area (Å²) in [6, 6.07) is 94.3. The molecule has 0 spiro atoms. The first-order chi connectivity index (χ1) is 34.9. The summed E-state index contributed by atoms with van der Waals surface area (Å²) in [4.78, 5) is 0. The van der Waals surface area contributed by atoms with E-state index in [1.165, 1.54) is 122 Å². The predicted octanol–water partition coefficient (Wildman–Crippen LogP) is 18.5. The Labute approximate surface area is 414 Å². The Bertz CT molecular complexity index is 4100. The number of nitrogens with zero attached hydrogens (tertiary/aromatic N) is 2. The van der Waals surface area contributed by atoms with E-state index >= 15 is 0 Å². The first kappa shape index (κ1) is 41.0. The number of hydrogen-bond donors (Lipinski definition) is 0. The average molecular weight is 905 g/mol. The molecule has 0 fully saturated rings. The van der Waals surface area contributed by atoms with Crippen molar-refractivity contribution in [3.63, 3.8) is 0 Å². The first-order valence-corrected chi connectivity index (χ1v) is 24.7.